The Kier molecular flexibility index (Phi) is 3.43. The lowest BCUT2D eigenvalue weighted by Gasteiger charge is -2.23. The average Bonchev–Trinajstić information content (AvgIpc) is 2.66. The highest BCUT2D eigenvalue weighted by Crippen LogP contribution is 2.17. The third-order valence-electron chi connectivity index (χ3n) is 2.50. The molecule has 1 fully saturated rings. The maximum absolute atomic E-state index is 11.7. The molecule has 0 aromatic carbocycles. The molecule has 2 heterocycles. The van der Waals surface area contributed by atoms with Crippen LogP contribution in [0.5, 0.6) is 0 Å². The lowest BCUT2D eigenvalue weighted by Crippen LogP contribution is -2.42. The fourth-order valence-corrected chi connectivity index (χ4v) is 2.05. The van der Waals surface area contributed by atoms with Gasteiger partial charge in [0.15, 0.2) is 0 Å². The second-order valence-corrected chi connectivity index (χ2v) is 4.45. The lowest BCUT2D eigenvalue weighted by molar-refractivity contribution is 0.0900. The van der Waals surface area contributed by atoms with Gasteiger partial charge in [0.1, 0.15) is 0 Å². The van der Waals surface area contributed by atoms with Crippen LogP contribution in [0.2, 0.25) is 0 Å². The van der Waals surface area contributed by atoms with Gasteiger partial charge in [-0.15, -0.1) is 0 Å². The number of nitrogens with one attached hydrogen (secondary N) is 2. The van der Waals surface area contributed by atoms with Crippen molar-refractivity contribution in [1.29, 1.82) is 0 Å². The van der Waals surface area contributed by atoms with Crippen LogP contribution in [0.15, 0.2) is 21.2 Å². The second kappa shape index (κ2) is 4.81. The quantitative estimate of drug-likeness (QED) is 0.859. The van der Waals surface area contributed by atoms with E-state index < -0.39 is 0 Å². The monoisotopic (exact) mass is 272 g/mol. The number of piperidine rings is 1. The number of halogens is 1. The smallest absolute Gasteiger partial charge is 0.288 e. The maximum Gasteiger partial charge on any atom is 0.288 e. The Balaban J connectivity index is 1.94. The van der Waals surface area contributed by atoms with Crippen LogP contribution in [0.25, 0.3) is 0 Å². The van der Waals surface area contributed by atoms with E-state index in [4.69, 9.17) is 4.42 Å². The normalized spacial score (nSPS) is 17.7. The van der Waals surface area contributed by atoms with Crippen LogP contribution in [-0.4, -0.2) is 25.0 Å². The minimum atomic E-state index is -0.140. The van der Waals surface area contributed by atoms with Gasteiger partial charge in [-0.2, -0.15) is 0 Å². The summed E-state index contributed by atoms with van der Waals surface area (Å²) in [5.74, 6) is 0.215. The second-order valence-electron chi connectivity index (χ2n) is 3.60. The minimum Gasteiger partial charge on any atom is -0.458 e. The van der Waals surface area contributed by atoms with Crippen LogP contribution in [0.4, 0.5) is 0 Å². The molecule has 5 heteroatoms. The van der Waals surface area contributed by atoms with E-state index >= 15 is 0 Å². The fraction of sp³-hybridized carbons (Fsp3) is 0.500. The summed E-state index contributed by atoms with van der Waals surface area (Å²) >= 11 is 3.26. The van der Waals surface area contributed by atoms with Crippen molar-refractivity contribution in [1.82, 2.24) is 10.6 Å². The zero-order valence-electron chi connectivity index (χ0n) is 8.25. The first-order chi connectivity index (χ1) is 7.27. The van der Waals surface area contributed by atoms with Gasteiger partial charge in [-0.05, 0) is 47.9 Å². The molecule has 0 unspecified atom stereocenters. The van der Waals surface area contributed by atoms with E-state index in [1.54, 1.807) is 6.07 Å². The zero-order valence-corrected chi connectivity index (χ0v) is 9.84. The molecule has 0 aliphatic carbocycles. The third-order valence-corrected chi connectivity index (χ3v) is 3.12. The minimum absolute atomic E-state index is 0.140. The van der Waals surface area contributed by atoms with Crippen LogP contribution in [0, 0.1) is 0 Å². The van der Waals surface area contributed by atoms with Crippen molar-refractivity contribution in [3.63, 3.8) is 0 Å². The molecular weight excluding hydrogens is 260 g/mol. The van der Waals surface area contributed by atoms with E-state index in [9.17, 15) is 4.79 Å². The molecular formula is C10H13BrN2O2. The van der Waals surface area contributed by atoms with Gasteiger partial charge >= 0.3 is 0 Å². The highest BCUT2D eigenvalue weighted by Gasteiger charge is 2.19. The Morgan fingerprint density at radius 3 is 2.87 bits per heavy atom. The summed E-state index contributed by atoms with van der Waals surface area (Å²) < 4.78 is 5.80. The predicted octanol–water partition coefficient (Wildman–Crippen LogP) is 1.52. The van der Waals surface area contributed by atoms with Crippen molar-refractivity contribution in [3.05, 3.63) is 22.6 Å². The largest absolute Gasteiger partial charge is 0.458 e. The molecule has 0 bridgehead atoms. The molecule has 1 aliphatic heterocycles. The van der Waals surface area contributed by atoms with Gasteiger partial charge in [-0.25, -0.2) is 0 Å². The SMILES string of the molecule is O=C(NC1CCNCC1)c1occc1Br. The van der Waals surface area contributed by atoms with Gasteiger partial charge < -0.3 is 15.1 Å². The molecule has 82 valence electrons. The molecule has 1 saturated heterocycles. The number of hydrogen-bond acceptors (Lipinski definition) is 3. The molecule has 0 spiro atoms. The topological polar surface area (TPSA) is 54.3 Å². The molecule has 1 aromatic heterocycles. The summed E-state index contributed by atoms with van der Waals surface area (Å²) in [6.45, 7) is 1.93. The van der Waals surface area contributed by atoms with E-state index in [1.807, 2.05) is 0 Å². The number of carbonyl (C=O) groups is 1. The van der Waals surface area contributed by atoms with Crippen molar-refractivity contribution in [2.24, 2.45) is 0 Å². The van der Waals surface area contributed by atoms with Gasteiger partial charge in [0, 0.05) is 6.04 Å². The molecule has 15 heavy (non-hydrogen) atoms. The Morgan fingerprint density at radius 1 is 1.53 bits per heavy atom. The Hall–Kier alpha value is -0.810. The van der Waals surface area contributed by atoms with Crippen molar-refractivity contribution in [2.45, 2.75) is 18.9 Å². The number of amides is 1. The van der Waals surface area contributed by atoms with Crippen molar-refractivity contribution in [2.75, 3.05) is 13.1 Å². The first kappa shape index (κ1) is 10.7. The van der Waals surface area contributed by atoms with Gasteiger partial charge in [0.2, 0.25) is 5.76 Å². The van der Waals surface area contributed by atoms with E-state index in [0.29, 0.717) is 10.2 Å². The molecule has 2 N–H and O–H groups in total. The van der Waals surface area contributed by atoms with Crippen LogP contribution >= 0.6 is 15.9 Å². The summed E-state index contributed by atoms with van der Waals surface area (Å²) in [5.41, 5.74) is 0. The molecule has 1 aromatic rings. The molecule has 1 amide bonds. The third kappa shape index (κ3) is 2.60. The standard InChI is InChI=1S/C10H13BrN2O2/c11-8-3-6-15-9(8)10(14)13-7-1-4-12-5-2-7/h3,6-7,12H,1-2,4-5H2,(H,13,14). The van der Waals surface area contributed by atoms with Crippen molar-refractivity contribution in [3.8, 4) is 0 Å². The molecule has 0 radical (unpaired) electrons. The van der Waals surface area contributed by atoms with Crippen LogP contribution in [-0.2, 0) is 0 Å². The van der Waals surface area contributed by atoms with E-state index in [1.165, 1.54) is 6.26 Å². The molecule has 0 saturated carbocycles. The van der Waals surface area contributed by atoms with E-state index in [2.05, 4.69) is 26.6 Å². The maximum atomic E-state index is 11.7. The Bertz CT molecular complexity index is 345. The number of carbonyl (C=O) groups excluding carboxylic acids is 1. The van der Waals surface area contributed by atoms with E-state index in [0.717, 1.165) is 25.9 Å². The molecule has 4 nitrogen and oxygen atoms in total. The highest BCUT2D eigenvalue weighted by atomic mass is 79.9. The highest BCUT2D eigenvalue weighted by molar-refractivity contribution is 9.10. The summed E-state index contributed by atoms with van der Waals surface area (Å²) in [6.07, 6.45) is 3.45. The molecule has 2 rings (SSSR count). The van der Waals surface area contributed by atoms with Crippen LogP contribution < -0.4 is 10.6 Å². The number of hydrogen-bond donors (Lipinski definition) is 2. The first-order valence-electron chi connectivity index (χ1n) is 5.02. The number of furan rings is 1. The van der Waals surface area contributed by atoms with Crippen LogP contribution in [0.3, 0.4) is 0 Å². The van der Waals surface area contributed by atoms with Crippen molar-refractivity contribution >= 4 is 21.8 Å². The summed E-state index contributed by atoms with van der Waals surface area (Å²) in [4.78, 5) is 11.7. The van der Waals surface area contributed by atoms with Crippen LogP contribution in [0.1, 0.15) is 23.4 Å². The fourth-order valence-electron chi connectivity index (χ4n) is 1.67. The molecule has 0 atom stereocenters. The summed E-state index contributed by atoms with van der Waals surface area (Å²) in [5, 5.41) is 6.21. The lowest BCUT2D eigenvalue weighted by atomic mass is 10.1. The van der Waals surface area contributed by atoms with E-state index in [-0.39, 0.29) is 11.9 Å². The Labute approximate surface area is 96.5 Å². The van der Waals surface area contributed by atoms with Gasteiger partial charge in [0.05, 0.1) is 10.7 Å². The summed E-state index contributed by atoms with van der Waals surface area (Å²) in [6, 6.07) is 1.98. The predicted molar refractivity (Wildman–Crippen MR) is 59.8 cm³/mol. The first-order valence-corrected chi connectivity index (χ1v) is 5.81. The zero-order chi connectivity index (χ0) is 10.7. The van der Waals surface area contributed by atoms with Gasteiger partial charge in [-0.3, -0.25) is 4.79 Å². The summed E-state index contributed by atoms with van der Waals surface area (Å²) in [7, 11) is 0. The number of rotatable bonds is 2. The average molecular weight is 273 g/mol. The Morgan fingerprint density at radius 2 is 2.27 bits per heavy atom. The van der Waals surface area contributed by atoms with Gasteiger partial charge in [-0.1, -0.05) is 0 Å². The van der Waals surface area contributed by atoms with Gasteiger partial charge in [0.25, 0.3) is 5.91 Å². The van der Waals surface area contributed by atoms with Crippen molar-refractivity contribution < 1.29 is 9.21 Å². The molecule has 1 aliphatic rings.